The molecular weight excluding hydrogens is 212 g/mol. The number of nitrogens with zero attached hydrogens (tertiary/aromatic N) is 3. The van der Waals surface area contributed by atoms with Crippen LogP contribution in [0.4, 0.5) is 0 Å². The second kappa shape index (κ2) is 2.66. The highest BCUT2D eigenvalue weighted by Crippen LogP contribution is 2.28. The topological polar surface area (TPSA) is 63.6 Å². The van der Waals surface area contributed by atoms with Gasteiger partial charge >= 0.3 is 0 Å². The summed E-state index contributed by atoms with van der Waals surface area (Å²) in [5.41, 5.74) is 1.34. The fourth-order valence-corrected chi connectivity index (χ4v) is 2.72. The normalized spacial score (nSPS) is 11.6. The van der Waals surface area contributed by atoms with E-state index in [1.54, 1.807) is 17.5 Å². The van der Waals surface area contributed by atoms with Crippen molar-refractivity contribution in [1.82, 2.24) is 19.7 Å². The Morgan fingerprint density at radius 1 is 1.53 bits per heavy atom. The zero-order valence-corrected chi connectivity index (χ0v) is 9.05. The lowest BCUT2D eigenvalue weighted by molar-refractivity contribution is 0.962. The van der Waals surface area contributed by atoms with Crippen LogP contribution in [-0.4, -0.2) is 19.7 Å². The lowest BCUT2D eigenvalue weighted by atomic mass is 10.3. The third kappa shape index (κ3) is 0.992. The number of nitrogens with one attached hydrogen (secondary N) is 1. The second-order valence-electron chi connectivity index (χ2n) is 3.41. The fourth-order valence-electron chi connectivity index (χ4n) is 1.82. The molecule has 3 heterocycles. The molecule has 0 saturated carbocycles. The number of aryl methyl sites for hydroxylation is 2. The van der Waals surface area contributed by atoms with Gasteiger partial charge in [0.25, 0.3) is 5.56 Å². The maximum absolute atomic E-state index is 11.6. The quantitative estimate of drug-likeness (QED) is 0.618. The van der Waals surface area contributed by atoms with E-state index in [4.69, 9.17) is 0 Å². The minimum Gasteiger partial charge on any atom is -0.329 e. The largest absolute Gasteiger partial charge is 0.329 e. The lowest BCUT2D eigenvalue weighted by Crippen LogP contribution is -2.10. The second-order valence-corrected chi connectivity index (χ2v) is 4.59. The van der Waals surface area contributed by atoms with Crippen LogP contribution in [0.2, 0.25) is 0 Å². The van der Waals surface area contributed by atoms with E-state index in [-0.39, 0.29) is 5.56 Å². The molecule has 1 N–H and O–H groups in total. The highest BCUT2D eigenvalue weighted by molar-refractivity contribution is 7.18. The highest BCUT2D eigenvalue weighted by atomic mass is 32.1. The summed E-state index contributed by atoms with van der Waals surface area (Å²) in [7, 11) is 1.87. The number of hydrogen-bond acceptors (Lipinski definition) is 4. The van der Waals surface area contributed by atoms with E-state index in [2.05, 4.69) is 15.2 Å². The number of fused-ring (bicyclic) bond motifs is 3. The van der Waals surface area contributed by atoms with Gasteiger partial charge < -0.3 is 4.57 Å². The van der Waals surface area contributed by atoms with Crippen LogP contribution in [0, 0.1) is 6.92 Å². The van der Waals surface area contributed by atoms with Crippen LogP contribution in [0.1, 0.15) is 5.01 Å². The molecule has 0 aromatic carbocycles. The van der Waals surface area contributed by atoms with Gasteiger partial charge in [-0.15, -0.1) is 11.3 Å². The van der Waals surface area contributed by atoms with Crippen molar-refractivity contribution in [3.05, 3.63) is 21.6 Å². The third-order valence-electron chi connectivity index (χ3n) is 2.44. The molecule has 0 bridgehead atoms. The van der Waals surface area contributed by atoms with Crippen LogP contribution in [0.15, 0.2) is 11.0 Å². The number of thiazole rings is 1. The van der Waals surface area contributed by atoms with Crippen molar-refractivity contribution in [3.8, 4) is 0 Å². The summed E-state index contributed by atoms with van der Waals surface area (Å²) < 4.78 is 1.87. The van der Waals surface area contributed by atoms with Crippen molar-refractivity contribution in [3.63, 3.8) is 0 Å². The molecule has 0 amide bonds. The Labute approximate surface area is 88.4 Å². The van der Waals surface area contributed by atoms with Crippen molar-refractivity contribution in [2.24, 2.45) is 7.05 Å². The van der Waals surface area contributed by atoms with E-state index >= 15 is 0 Å². The van der Waals surface area contributed by atoms with Crippen molar-refractivity contribution in [1.29, 1.82) is 0 Å². The summed E-state index contributed by atoms with van der Waals surface area (Å²) >= 11 is 1.58. The molecule has 0 saturated heterocycles. The average Bonchev–Trinajstić information content (AvgIpc) is 2.68. The molecule has 5 nitrogen and oxygen atoms in total. The van der Waals surface area contributed by atoms with Crippen molar-refractivity contribution in [2.75, 3.05) is 0 Å². The van der Waals surface area contributed by atoms with Gasteiger partial charge in [-0.25, -0.2) is 10.1 Å². The Balaban J connectivity index is 2.71. The lowest BCUT2D eigenvalue weighted by Gasteiger charge is -1.93. The molecule has 0 fully saturated rings. The number of aromatic amines is 1. The molecule has 0 atom stereocenters. The van der Waals surface area contributed by atoms with Crippen molar-refractivity contribution in [2.45, 2.75) is 6.92 Å². The smallest absolute Gasteiger partial charge is 0.288 e. The van der Waals surface area contributed by atoms with Crippen LogP contribution >= 0.6 is 11.3 Å². The first-order chi connectivity index (χ1) is 7.18. The standard InChI is InChI=1S/C9H8N4OS/c1-4-11-6-5-3-10-12-8(14)7(5)13(2)9(6)15-4/h3H,1-2H3,(H,12,14). The molecule has 3 aromatic rings. The molecule has 0 aliphatic heterocycles. The summed E-state index contributed by atoms with van der Waals surface area (Å²) in [6.07, 6.45) is 1.65. The molecule has 0 radical (unpaired) electrons. The van der Waals surface area contributed by atoms with E-state index in [0.29, 0.717) is 5.52 Å². The monoisotopic (exact) mass is 220 g/mol. The van der Waals surface area contributed by atoms with Crippen LogP contribution in [0.25, 0.3) is 21.3 Å². The van der Waals surface area contributed by atoms with Gasteiger partial charge in [-0.1, -0.05) is 0 Å². The van der Waals surface area contributed by atoms with Gasteiger partial charge in [0.1, 0.15) is 15.9 Å². The molecule has 6 heteroatoms. The Morgan fingerprint density at radius 3 is 3.13 bits per heavy atom. The average molecular weight is 220 g/mol. The van der Waals surface area contributed by atoms with Crippen molar-refractivity contribution >= 4 is 32.6 Å². The van der Waals surface area contributed by atoms with Gasteiger partial charge in [-0.3, -0.25) is 4.79 Å². The molecule has 0 unspecified atom stereocenters. The van der Waals surface area contributed by atoms with Gasteiger partial charge in [0.05, 0.1) is 16.6 Å². The van der Waals surface area contributed by atoms with Crippen LogP contribution < -0.4 is 5.56 Å². The summed E-state index contributed by atoms with van der Waals surface area (Å²) in [6.45, 7) is 1.96. The molecule has 0 aliphatic carbocycles. The number of H-pyrrole nitrogens is 1. The first-order valence-electron chi connectivity index (χ1n) is 4.47. The minimum atomic E-state index is -0.169. The molecular formula is C9H8N4OS. The minimum absolute atomic E-state index is 0.169. The SMILES string of the molecule is Cc1nc2c3cn[nH]c(=O)c3n(C)c2s1. The van der Waals surface area contributed by atoms with E-state index in [9.17, 15) is 4.79 Å². The first kappa shape index (κ1) is 8.60. The maximum atomic E-state index is 11.6. The van der Waals surface area contributed by atoms with E-state index in [0.717, 1.165) is 20.7 Å². The number of rotatable bonds is 0. The third-order valence-corrected chi connectivity index (χ3v) is 3.49. The molecule has 0 spiro atoms. The van der Waals surface area contributed by atoms with E-state index in [1.807, 2.05) is 18.5 Å². The zero-order valence-electron chi connectivity index (χ0n) is 8.24. The van der Waals surface area contributed by atoms with Gasteiger partial charge in [-0.05, 0) is 6.92 Å². The first-order valence-corrected chi connectivity index (χ1v) is 5.29. The Hall–Kier alpha value is -1.69. The van der Waals surface area contributed by atoms with Gasteiger partial charge in [0.2, 0.25) is 0 Å². The van der Waals surface area contributed by atoms with Gasteiger partial charge in [-0.2, -0.15) is 5.10 Å². The maximum Gasteiger partial charge on any atom is 0.288 e. The van der Waals surface area contributed by atoms with Crippen molar-refractivity contribution < 1.29 is 0 Å². The molecule has 15 heavy (non-hydrogen) atoms. The summed E-state index contributed by atoms with van der Waals surface area (Å²) in [5, 5.41) is 8.05. The van der Waals surface area contributed by atoms with Crippen LogP contribution in [0.5, 0.6) is 0 Å². The predicted molar refractivity (Wildman–Crippen MR) is 59.2 cm³/mol. The highest BCUT2D eigenvalue weighted by Gasteiger charge is 2.14. The van der Waals surface area contributed by atoms with Crippen LogP contribution in [-0.2, 0) is 7.05 Å². The number of aromatic nitrogens is 4. The molecule has 76 valence electrons. The molecule has 3 aromatic heterocycles. The zero-order chi connectivity index (χ0) is 10.6. The predicted octanol–water partition coefficient (Wildman–Crippen LogP) is 1.18. The Kier molecular flexibility index (Phi) is 1.53. The van der Waals surface area contributed by atoms with Gasteiger partial charge in [0, 0.05) is 7.05 Å². The fraction of sp³-hybridized carbons (Fsp3) is 0.222. The Morgan fingerprint density at radius 2 is 2.33 bits per heavy atom. The van der Waals surface area contributed by atoms with E-state index < -0.39 is 0 Å². The Bertz CT molecular complexity index is 721. The van der Waals surface area contributed by atoms with Crippen LogP contribution in [0.3, 0.4) is 0 Å². The summed E-state index contributed by atoms with van der Waals surface area (Å²) in [4.78, 5) is 17.0. The van der Waals surface area contributed by atoms with E-state index in [1.165, 1.54) is 0 Å². The molecule has 0 aliphatic rings. The molecule has 3 rings (SSSR count). The summed E-state index contributed by atoms with van der Waals surface area (Å²) in [5.74, 6) is 0. The summed E-state index contributed by atoms with van der Waals surface area (Å²) in [6, 6.07) is 0. The number of hydrogen-bond donors (Lipinski definition) is 1. The van der Waals surface area contributed by atoms with Gasteiger partial charge in [0.15, 0.2) is 0 Å².